The molecule has 2 aliphatic rings. The number of hydrogen-bond donors (Lipinski definition) is 1. The Morgan fingerprint density at radius 2 is 2.07 bits per heavy atom. The van der Waals surface area contributed by atoms with E-state index in [2.05, 4.69) is 31.0 Å². The van der Waals surface area contributed by atoms with Crippen molar-refractivity contribution in [3.05, 3.63) is 0 Å². The van der Waals surface area contributed by atoms with Crippen molar-refractivity contribution in [3.63, 3.8) is 0 Å². The molecule has 1 heterocycles. The third-order valence-corrected chi connectivity index (χ3v) is 3.80. The van der Waals surface area contributed by atoms with Crippen LogP contribution < -0.4 is 5.32 Å². The van der Waals surface area contributed by atoms with Gasteiger partial charge in [-0.2, -0.15) is 0 Å². The lowest BCUT2D eigenvalue weighted by Crippen LogP contribution is -2.53. The van der Waals surface area contributed by atoms with Crippen LogP contribution in [0.25, 0.3) is 0 Å². The molecule has 90 valence electrons. The second-order valence-corrected chi connectivity index (χ2v) is 5.85. The van der Waals surface area contributed by atoms with Crippen LogP contribution in [0.4, 0.5) is 0 Å². The smallest absolute Gasteiger partial charge is 0.0218 e. The molecule has 1 aliphatic heterocycles. The van der Waals surface area contributed by atoms with E-state index in [4.69, 9.17) is 0 Å². The number of nitrogens with one attached hydrogen (secondary N) is 1. The summed E-state index contributed by atoms with van der Waals surface area (Å²) in [6.45, 7) is 12.1. The van der Waals surface area contributed by atoms with Crippen LogP contribution in [0.15, 0.2) is 0 Å². The standard InChI is InChI=1S/C12H24N2.ClH/c1-10(2)11-8-14(7-6-13-11)9-12(3)4-5-12;/h10-11,13H,4-9H2,1-3H3;1H/t11-;/m1./s1. The van der Waals surface area contributed by atoms with Crippen LogP contribution in [0.1, 0.15) is 33.6 Å². The molecule has 0 unspecified atom stereocenters. The Labute approximate surface area is 100 Å². The summed E-state index contributed by atoms with van der Waals surface area (Å²) in [7, 11) is 0. The van der Waals surface area contributed by atoms with Crippen molar-refractivity contribution in [3.8, 4) is 0 Å². The highest BCUT2D eigenvalue weighted by Gasteiger charge is 2.39. The van der Waals surface area contributed by atoms with E-state index in [1.165, 1.54) is 39.0 Å². The zero-order valence-corrected chi connectivity index (χ0v) is 11.1. The molecule has 3 heteroatoms. The Balaban J connectivity index is 0.00000112. The maximum atomic E-state index is 3.61. The van der Waals surface area contributed by atoms with Gasteiger partial charge in [-0.25, -0.2) is 0 Å². The molecule has 1 atom stereocenters. The first-order chi connectivity index (χ1) is 6.59. The Hall–Kier alpha value is 0.210. The zero-order chi connectivity index (χ0) is 10.2. The van der Waals surface area contributed by atoms with E-state index in [-0.39, 0.29) is 12.4 Å². The molecule has 2 rings (SSSR count). The Kier molecular flexibility index (Phi) is 4.45. The Morgan fingerprint density at radius 1 is 1.40 bits per heavy atom. The van der Waals surface area contributed by atoms with Gasteiger partial charge in [-0.15, -0.1) is 12.4 Å². The highest BCUT2D eigenvalue weighted by atomic mass is 35.5. The minimum absolute atomic E-state index is 0. The second kappa shape index (κ2) is 5.03. The van der Waals surface area contributed by atoms with Gasteiger partial charge < -0.3 is 5.32 Å². The van der Waals surface area contributed by atoms with Gasteiger partial charge in [0.1, 0.15) is 0 Å². The third-order valence-electron chi connectivity index (χ3n) is 3.80. The van der Waals surface area contributed by atoms with Crippen LogP contribution in [0.5, 0.6) is 0 Å². The monoisotopic (exact) mass is 232 g/mol. The summed E-state index contributed by atoms with van der Waals surface area (Å²) in [6.07, 6.45) is 2.90. The minimum atomic E-state index is 0. The summed E-state index contributed by atoms with van der Waals surface area (Å²) >= 11 is 0. The van der Waals surface area contributed by atoms with Crippen LogP contribution in [0, 0.1) is 11.3 Å². The van der Waals surface area contributed by atoms with Gasteiger partial charge in [0.15, 0.2) is 0 Å². The van der Waals surface area contributed by atoms with Gasteiger partial charge in [0.25, 0.3) is 0 Å². The summed E-state index contributed by atoms with van der Waals surface area (Å²) in [4.78, 5) is 2.66. The highest BCUT2D eigenvalue weighted by molar-refractivity contribution is 5.85. The fourth-order valence-corrected chi connectivity index (χ4v) is 2.34. The van der Waals surface area contributed by atoms with Gasteiger partial charge in [-0.05, 0) is 24.2 Å². The van der Waals surface area contributed by atoms with Gasteiger partial charge in [-0.3, -0.25) is 4.90 Å². The molecule has 1 saturated carbocycles. The molecule has 15 heavy (non-hydrogen) atoms. The molecular weight excluding hydrogens is 208 g/mol. The molecule has 1 N–H and O–H groups in total. The third kappa shape index (κ3) is 3.61. The van der Waals surface area contributed by atoms with Crippen LogP contribution in [0.2, 0.25) is 0 Å². The summed E-state index contributed by atoms with van der Waals surface area (Å²) < 4.78 is 0. The largest absolute Gasteiger partial charge is 0.311 e. The topological polar surface area (TPSA) is 15.3 Å². The second-order valence-electron chi connectivity index (χ2n) is 5.85. The van der Waals surface area contributed by atoms with Crippen molar-refractivity contribution in [2.24, 2.45) is 11.3 Å². The fourth-order valence-electron chi connectivity index (χ4n) is 2.34. The number of nitrogens with zero attached hydrogens (tertiary/aromatic N) is 1. The van der Waals surface area contributed by atoms with Crippen molar-refractivity contribution in [1.82, 2.24) is 10.2 Å². The first kappa shape index (κ1) is 13.3. The van der Waals surface area contributed by atoms with E-state index in [9.17, 15) is 0 Å². The first-order valence-corrected chi connectivity index (χ1v) is 6.05. The molecule has 1 saturated heterocycles. The molecule has 1 aliphatic carbocycles. The first-order valence-electron chi connectivity index (χ1n) is 6.05. The average Bonchev–Trinajstić information content (AvgIpc) is 2.83. The van der Waals surface area contributed by atoms with Gasteiger partial charge in [0.2, 0.25) is 0 Å². The maximum Gasteiger partial charge on any atom is 0.0218 e. The lowest BCUT2D eigenvalue weighted by Gasteiger charge is -2.37. The van der Waals surface area contributed by atoms with Crippen molar-refractivity contribution in [1.29, 1.82) is 0 Å². The van der Waals surface area contributed by atoms with Gasteiger partial charge in [0.05, 0.1) is 0 Å². The van der Waals surface area contributed by atoms with E-state index < -0.39 is 0 Å². The lowest BCUT2D eigenvalue weighted by molar-refractivity contribution is 0.151. The van der Waals surface area contributed by atoms with Gasteiger partial charge >= 0.3 is 0 Å². The maximum absolute atomic E-state index is 3.61. The van der Waals surface area contributed by atoms with E-state index in [0.29, 0.717) is 11.5 Å². The molecule has 2 fully saturated rings. The molecule has 0 bridgehead atoms. The van der Waals surface area contributed by atoms with Gasteiger partial charge in [-0.1, -0.05) is 20.8 Å². The SMILES string of the molecule is CC(C)[C@H]1CN(CC2(C)CC2)CCN1.Cl. The number of rotatable bonds is 3. The molecule has 2 nitrogen and oxygen atoms in total. The summed E-state index contributed by atoms with van der Waals surface area (Å²) in [5, 5.41) is 3.61. The van der Waals surface area contributed by atoms with Crippen molar-refractivity contribution in [2.45, 2.75) is 39.7 Å². The Bertz CT molecular complexity index is 202. The predicted molar refractivity (Wildman–Crippen MR) is 67.7 cm³/mol. The Morgan fingerprint density at radius 3 is 2.60 bits per heavy atom. The molecule has 0 radical (unpaired) electrons. The van der Waals surface area contributed by atoms with Crippen molar-refractivity contribution < 1.29 is 0 Å². The summed E-state index contributed by atoms with van der Waals surface area (Å²) in [5.41, 5.74) is 0.679. The molecular formula is C12H25ClN2. The van der Waals surface area contributed by atoms with Crippen molar-refractivity contribution >= 4 is 12.4 Å². The predicted octanol–water partition coefficient (Wildman–Crippen LogP) is 2.14. The summed E-state index contributed by atoms with van der Waals surface area (Å²) in [5.74, 6) is 0.768. The van der Waals surface area contributed by atoms with Crippen LogP contribution in [-0.2, 0) is 0 Å². The van der Waals surface area contributed by atoms with Crippen LogP contribution in [-0.4, -0.2) is 37.1 Å². The van der Waals surface area contributed by atoms with Crippen LogP contribution >= 0.6 is 12.4 Å². The van der Waals surface area contributed by atoms with Crippen LogP contribution in [0.3, 0.4) is 0 Å². The van der Waals surface area contributed by atoms with E-state index in [1.54, 1.807) is 0 Å². The quantitative estimate of drug-likeness (QED) is 0.802. The minimum Gasteiger partial charge on any atom is -0.311 e. The molecule has 0 aromatic heterocycles. The number of hydrogen-bond acceptors (Lipinski definition) is 2. The molecule has 0 spiro atoms. The highest BCUT2D eigenvalue weighted by Crippen LogP contribution is 2.45. The van der Waals surface area contributed by atoms with E-state index in [1.807, 2.05) is 0 Å². The zero-order valence-electron chi connectivity index (χ0n) is 10.3. The van der Waals surface area contributed by atoms with Crippen molar-refractivity contribution in [2.75, 3.05) is 26.2 Å². The lowest BCUT2D eigenvalue weighted by atomic mass is 10.0. The summed E-state index contributed by atoms with van der Waals surface area (Å²) in [6, 6.07) is 0.714. The fraction of sp³-hybridized carbons (Fsp3) is 1.00. The molecule has 0 aromatic rings. The molecule has 0 amide bonds. The molecule has 0 aromatic carbocycles. The van der Waals surface area contributed by atoms with E-state index >= 15 is 0 Å². The van der Waals surface area contributed by atoms with E-state index in [0.717, 1.165) is 5.92 Å². The number of halogens is 1. The average molecular weight is 233 g/mol. The number of piperazine rings is 1. The normalized spacial score (nSPS) is 30.0. The van der Waals surface area contributed by atoms with Gasteiger partial charge in [0, 0.05) is 32.2 Å².